The van der Waals surface area contributed by atoms with E-state index in [1.807, 2.05) is 24.3 Å². The van der Waals surface area contributed by atoms with Crippen LogP contribution in [0.1, 0.15) is 285 Å². The van der Waals surface area contributed by atoms with Gasteiger partial charge in [0.15, 0.2) is 12.2 Å². The second kappa shape index (κ2) is 77.3. The average molecular weight is 1520 g/mol. The van der Waals surface area contributed by atoms with Crippen molar-refractivity contribution in [3.63, 3.8) is 0 Å². The maximum Gasteiger partial charge on any atom is 0.472 e. The molecule has 0 aliphatic carbocycles. The summed E-state index contributed by atoms with van der Waals surface area (Å²) in [7, 11) is -10.0. The molecule has 600 valence electrons. The summed E-state index contributed by atoms with van der Waals surface area (Å²) in [5.74, 6) is -2.36. The minimum atomic E-state index is -5.02. The molecule has 5 unspecified atom stereocenters. The normalized spacial score (nSPS) is 14.8. The van der Waals surface area contributed by atoms with Crippen LogP contribution in [-0.2, 0) is 65.4 Å². The first-order valence-corrected chi connectivity index (χ1v) is 43.0. The zero-order valence-corrected chi connectivity index (χ0v) is 67.3. The Morgan fingerprint density at radius 2 is 0.500 bits per heavy atom. The summed E-state index contributed by atoms with van der Waals surface area (Å²) in [6.07, 6.45) is 93.2. The van der Waals surface area contributed by atoms with Gasteiger partial charge < -0.3 is 33.8 Å². The molecular formula is C87H140O17P2. The topological polar surface area (TPSA) is 237 Å². The maximum absolute atomic E-state index is 13.1. The van der Waals surface area contributed by atoms with E-state index in [0.29, 0.717) is 38.5 Å². The second-order valence-electron chi connectivity index (χ2n) is 25.9. The molecule has 0 amide bonds. The molecular weight excluding hydrogens is 1380 g/mol. The number of carbonyl (C=O) groups is 4. The van der Waals surface area contributed by atoms with E-state index in [-0.39, 0.29) is 25.7 Å². The summed E-state index contributed by atoms with van der Waals surface area (Å²) in [4.78, 5) is 73.0. The highest BCUT2D eigenvalue weighted by atomic mass is 31.2. The van der Waals surface area contributed by atoms with E-state index in [0.717, 1.165) is 141 Å². The van der Waals surface area contributed by atoms with Crippen LogP contribution in [0, 0.1) is 0 Å². The van der Waals surface area contributed by atoms with E-state index in [1.165, 1.54) is 51.4 Å². The van der Waals surface area contributed by atoms with Crippen molar-refractivity contribution in [3.05, 3.63) is 182 Å². The molecule has 0 saturated carbocycles. The van der Waals surface area contributed by atoms with Crippen LogP contribution < -0.4 is 0 Å². The van der Waals surface area contributed by atoms with Gasteiger partial charge in [0, 0.05) is 25.7 Å². The molecule has 17 nitrogen and oxygen atoms in total. The van der Waals surface area contributed by atoms with Crippen LogP contribution >= 0.6 is 15.6 Å². The van der Waals surface area contributed by atoms with Crippen molar-refractivity contribution in [2.45, 2.75) is 303 Å². The van der Waals surface area contributed by atoms with Gasteiger partial charge in [-0.05, 0) is 148 Å². The minimum Gasteiger partial charge on any atom is -0.462 e. The Bertz CT molecular complexity index is 2730. The molecule has 0 bridgehead atoms. The molecule has 5 atom stereocenters. The number of ether oxygens (including phenoxy) is 4. The number of aliphatic hydroxyl groups is 1. The van der Waals surface area contributed by atoms with Crippen molar-refractivity contribution < 1.29 is 80.2 Å². The largest absolute Gasteiger partial charge is 0.472 e. The number of esters is 4. The fourth-order valence-electron chi connectivity index (χ4n) is 9.91. The summed E-state index contributed by atoms with van der Waals surface area (Å²) in [6.45, 7) is 4.35. The highest BCUT2D eigenvalue weighted by Crippen LogP contribution is 2.45. The summed E-state index contributed by atoms with van der Waals surface area (Å²) in [6, 6.07) is 0. The van der Waals surface area contributed by atoms with Gasteiger partial charge in [0.1, 0.15) is 19.3 Å². The Kier molecular flexibility index (Phi) is 73.1. The van der Waals surface area contributed by atoms with Gasteiger partial charge in [0.2, 0.25) is 0 Å². The lowest BCUT2D eigenvalue weighted by atomic mass is 10.0. The lowest BCUT2D eigenvalue weighted by molar-refractivity contribution is -0.161. The highest BCUT2D eigenvalue weighted by Gasteiger charge is 2.30. The quantitative estimate of drug-likeness (QED) is 0.0169. The molecule has 0 saturated heterocycles. The number of carbonyl (C=O) groups excluding carboxylic acids is 4. The second-order valence-corrected chi connectivity index (χ2v) is 28.8. The average Bonchev–Trinajstić information content (AvgIpc) is 0.900. The van der Waals surface area contributed by atoms with E-state index >= 15 is 0 Å². The third kappa shape index (κ3) is 76.4. The number of allylic oxidation sites excluding steroid dienone is 30. The number of hydrogen-bond acceptors (Lipinski definition) is 15. The first-order chi connectivity index (χ1) is 51.7. The number of phosphoric acid groups is 2. The maximum atomic E-state index is 13.1. The predicted octanol–water partition coefficient (Wildman–Crippen LogP) is 23.6. The Hall–Kier alpha value is -5.84. The molecule has 0 aromatic rings. The van der Waals surface area contributed by atoms with Crippen LogP contribution in [0.2, 0.25) is 0 Å². The molecule has 0 spiro atoms. The van der Waals surface area contributed by atoms with Crippen molar-refractivity contribution in [3.8, 4) is 0 Å². The summed E-state index contributed by atoms with van der Waals surface area (Å²) in [5, 5.41) is 10.6. The third-order valence-corrected chi connectivity index (χ3v) is 17.8. The van der Waals surface area contributed by atoms with Crippen molar-refractivity contribution >= 4 is 39.5 Å². The molecule has 0 rings (SSSR count). The van der Waals surface area contributed by atoms with Crippen molar-refractivity contribution in [1.82, 2.24) is 0 Å². The molecule has 0 aromatic heterocycles. The number of unbranched alkanes of at least 4 members (excludes halogenated alkanes) is 17. The molecule has 0 fully saturated rings. The van der Waals surface area contributed by atoms with Crippen molar-refractivity contribution in [2.75, 3.05) is 39.6 Å². The van der Waals surface area contributed by atoms with E-state index in [4.69, 9.17) is 37.0 Å². The molecule has 19 heteroatoms. The number of hydrogen-bond donors (Lipinski definition) is 3. The van der Waals surface area contributed by atoms with E-state index in [1.54, 1.807) is 0 Å². The minimum absolute atomic E-state index is 0.00296. The highest BCUT2D eigenvalue weighted by molar-refractivity contribution is 7.47. The summed E-state index contributed by atoms with van der Waals surface area (Å²) < 4.78 is 68.5. The summed E-state index contributed by atoms with van der Waals surface area (Å²) in [5.41, 5.74) is 0. The SMILES string of the molecule is CC/C=C\C/C=C\C/C=C\C/C=C\C/C=C\CCCCCC(=O)OCC(COP(=O)(O)OCC(O)COP(=O)(O)OCC(COC(=O)CCC/C=C\C/C=C\C/C=C\C/C=C\C/C=C\CC)OC(=O)CCC/C=C\C/C=C\C/C=C\C/C=C\C/C=C\CC)OC(=O)CCCCCCCCCCCCCCC. The van der Waals surface area contributed by atoms with Gasteiger partial charge in [-0.2, -0.15) is 0 Å². The van der Waals surface area contributed by atoms with Crippen LogP contribution in [0.3, 0.4) is 0 Å². The molecule has 106 heavy (non-hydrogen) atoms. The molecule has 3 N–H and O–H groups in total. The van der Waals surface area contributed by atoms with Crippen LogP contribution in [-0.4, -0.2) is 96.7 Å². The zero-order chi connectivity index (χ0) is 77.4. The smallest absolute Gasteiger partial charge is 0.462 e. The first kappa shape index (κ1) is 100. The van der Waals surface area contributed by atoms with Crippen LogP contribution in [0.25, 0.3) is 0 Å². The first-order valence-electron chi connectivity index (χ1n) is 40.0. The van der Waals surface area contributed by atoms with Gasteiger partial charge in [0.25, 0.3) is 0 Å². The van der Waals surface area contributed by atoms with Gasteiger partial charge in [0.05, 0.1) is 26.4 Å². The van der Waals surface area contributed by atoms with Gasteiger partial charge >= 0.3 is 39.5 Å². The number of rotatable bonds is 73. The number of phosphoric ester groups is 2. The Morgan fingerprint density at radius 3 is 0.802 bits per heavy atom. The van der Waals surface area contributed by atoms with Crippen LogP contribution in [0.5, 0.6) is 0 Å². The fraction of sp³-hybridized carbons (Fsp3) is 0.609. The lowest BCUT2D eigenvalue weighted by Crippen LogP contribution is -2.30. The fourth-order valence-corrected chi connectivity index (χ4v) is 11.5. The van der Waals surface area contributed by atoms with E-state index < -0.39 is 97.5 Å². The summed E-state index contributed by atoms with van der Waals surface area (Å²) >= 11 is 0. The Labute approximate surface area is 641 Å². The third-order valence-electron chi connectivity index (χ3n) is 15.9. The van der Waals surface area contributed by atoms with Crippen molar-refractivity contribution in [2.24, 2.45) is 0 Å². The van der Waals surface area contributed by atoms with E-state index in [2.05, 4.69) is 186 Å². The Morgan fingerprint density at radius 1 is 0.274 bits per heavy atom. The zero-order valence-electron chi connectivity index (χ0n) is 65.5. The Balaban J connectivity index is 5.50. The lowest BCUT2D eigenvalue weighted by Gasteiger charge is -2.21. The molecule has 0 aromatic carbocycles. The number of aliphatic hydroxyl groups excluding tert-OH is 1. The molecule has 0 radical (unpaired) electrons. The van der Waals surface area contributed by atoms with Crippen molar-refractivity contribution in [1.29, 1.82) is 0 Å². The molecule has 0 aliphatic heterocycles. The van der Waals surface area contributed by atoms with Gasteiger partial charge in [-0.3, -0.25) is 37.3 Å². The van der Waals surface area contributed by atoms with Gasteiger partial charge in [-0.15, -0.1) is 0 Å². The molecule has 0 heterocycles. The van der Waals surface area contributed by atoms with Crippen LogP contribution in [0.4, 0.5) is 0 Å². The van der Waals surface area contributed by atoms with Gasteiger partial charge in [-0.25, -0.2) is 9.13 Å². The van der Waals surface area contributed by atoms with Crippen LogP contribution in [0.15, 0.2) is 182 Å². The molecule has 0 aliphatic rings. The monoisotopic (exact) mass is 1520 g/mol. The predicted molar refractivity (Wildman–Crippen MR) is 436 cm³/mol. The van der Waals surface area contributed by atoms with Gasteiger partial charge in [-0.1, -0.05) is 293 Å². The van der Waals surface area contributed by atoms with E-state index in [9.17, 15) is 43.2 Å². The standard InChI is InChI=1S/C87H140O17P2/c1-5-9-13-17-21-25-29-33-36-39-40-43-45-49-52-56-60-64-68-72-85(90)97-77-82(103-86(91)73-69-65-61-57-53-47-32-28-24-20-16-12-8-4)79-101-105(93,94)99-75-81(88)76-100-106(95,96)102-80-83(104-87(92)74-70-66-62-58-54-50-46-42-38-35-31-27-23-19-15-11-7-3)78-98-84(89)71-67-63-59-55-51-48-44-41-37-34-30-26-22-18-14-10-6-2/h9-11,13-15,21-23,25-27,33-38,40,43-44,46,48-50,52,55,58-59,62,81-83,88H,5-8,12,16-20,24,28-32,39,41-42,45,47,51,53-54,56-57,60-61,63-80H2,1-4H3,(H,93,94)(H,95,96)/b13-9-,14-10-,15-11-,25-21-,26-22-,27-23-,36-33-,37-34-,38-35-,43-40-,48-44-,50-46-,52-49-,59-55-,62-58-.